The minimum Gasteiger partial charge on any atom is -0.493 e. The summed E-state index contributed by atoms with van der Waals surface area (Å²) < 4.78 is 11.5. The number of carbonyl (C=O) groups excluding carboxylic acids is 1. The first-order valence-corrected chi connectivity index (χ1v) is 7.65. The molecule has 6 heteroatoms. The quantitative estimate of drug-likeness (QED) is 0.728. The summed E-state index contributed by atoms with van der Waals surface area (Å²) >= 11 is 3.39. The standard InChI is InChI=1S/C17H17BrN2O3/c1-12(13-6-5-7-14(18)10-13)19-20-17(21)11-23-16-9-4-3-8-15(16)22-2/h3-10,19H,1,11H2,2H3,(H,20,21). The highest BCUT2D eigenvalue weighted by atomic mass is 79.9. The van der Waals surface area contributed by atoms with Crippen molar-refractivity contribution in [2.75, 3.05) is 13.7 Å². The first-order chi connectivity index (χ1) is 11.1. The second kappa shape index (κ2) is 8.24. The fourth-order valence-corrected chi connectivity index (χ4v) is 2.21. The van der Waals surface area contributed by atoms with Gasteiger partial charge in [-0.25, -0.2) is 0 Å². The number of ether oxygens (including phenoxy) is 2. The zero-order chi connectivity index (χ0) is 16.7. The van der Waals surface area contributed by atoms with Gasteiger partial charge in [0.1, 0.15) is 0 Å². The molecule has 0 unspecified atom stereocenters. The molecule has 23 heavy (non-hydrogen) atoms. The molecule has 2 N–H and O–H groups in total. The zero-order valence-corrected chi connectivity index (χ0v) is 14.2. The third-order valence-corrected chi connectivity index (χ3v) is 3.45. The lowest BCUT2D eigenvalue weighted by atomic mass is 10.2. The molecule has 2 aromatic rings. The fourth-order valence-electron chi connectivity index (χ4n) is 1.81. The fraction of sp³-hybridized carbons (Fsp3) is 0.118. The highest BCUT2D eigenvalue weighted by Crippen LogP contribution is 2.25. The van der Waals surface area contributed by atoms with E-state index in [-0.39, 0.29) is 12.5 Å². The first kappa shape index (κ1) is 16.9. The Morgan fingerprint density at radius 3 is 2.57 bits per heavy atom. The van der Waals surface area contributed by atoms with Crippen molar-refractivity contribution in [1.29, 1.82) is 0 Å². The van der Waals surface area contributed by atoms with Crippen LogP contribution in [0.15, 0.2) is 59.6 Å². The molecule has 0 fully saturated rings. The van der Waals surface area contributed by atoms with Crippen molar-refractivity contribution in [2.24, 2.45) is 0 Å². The van der Waals surface area contributed by atoms with Crippen molar-refractivity contribution >= 4 is 27.5 Å². The Kier molecular flexibility index (Phi) is 6.05. The Hall–Kier alpha value is -2.47. The van der Waals surface area contributed by atoms with Gasteiger partial charge < -0.3 is 9.47 Å². The number of benzene rings is 2. The van der Waals surface area contributed by atoms with Gasteiger partial charge in [0.2, 0.25) is 0 Å². The largest absolute Gasteiger partial charge is 0.493 e. The van der Waals surface area contributed by atoms with Crippen molar-refractivity contribution in [2.45, 2.75) is 0 Å². The average molecular weight is 377 g/mol. The Balaban J connectivity index is 1.82. The first-order valence-electron chi connectivity index (χ1n) is 6.85. The minimum absolute atomic E-state index is 0.140. The van der Waals surface area contributed by atoms with Gasteiger partial charge in [-0.05, 0) is 29.8 Å². The predicted molar refractivity (Wildman–Crippen MR) is 92.9 cm³/mol. The predicted octanol–water partition coefficient (Wildman–Crippen LogP) is 3.13. The van der Waals surface area contributed by atoms with Gasteiger partial charge in [0.05, 0.1) is 12.8 Å². The van der Waals surface area contributed by atoms with Gasteiger partial charge in [-0.2, -0.15) is 0 Å². The molecule has 5 nitrogen and oxygen atoms in total. The van der Waals surface area contributed by atoms with E-state index in [4.69, 9.17) is 9.47 Å². The third kappa shape index (κ3) is 5.03. The number of carbonyl (C=O) groups is 1. The maximum absolute atomic E-state index is 11.8. The van der Waals surface area contributed by atoms with Crippen LogP contribution in [0, 0.1) is 0 Å². The van der Waals surface area contributed by atoms with E-state index in [2.05, 4.69) is 33.4 Å². The molecule has 0 aromatic heterocycles. The third-order valence-electron chi connectivity index (χ3n) is 2.95. The van der Waals surface area contributed by atoms with Gasteiger partial charge in [0.15, 0.2) is 18.1 Å². The van der Waals surface area contributed by atoms with Crippen LogP contribution in [0.25, 0.3) is 5.70 Å². The van der Waals surface area contributed by atoms with Crippen molar-refractivity contribution in [3.05, 3.63) is 65.1 Å². The van der Waals surface area contributed by atoms with Gasteiger partial charge in [0, 0.05) is 4.47 Å². The Morgan fingerprint density at radius 1 is 1.13 bits per heavy atom. The van der Waals surface area contributed by atoms with Crippen molar-refractivity contribution < 1.29 is 14.3 Å². The highest BCUT2D eigenvalue weighted by Gasteiger charge is 2.07. The SMILES string of the molecule is C=C(NNC(=O)COc1ccccc1OC)c1cccc(Br)c1. The van der Waals surface area contributed by atoms with E-state index in [9.17, 15) is 4.79 Å². The van der Waals surface area contributed by atoms with Crippen LogP contribution in [0.5, 0.6) is 11.5 Å². The second-order valence-electron chi connectivity index (χ2n) is 4.60. The minimum atomic E-state index is -0.327. The number of amides is 1. The lowest BCUT2D eigenvalue weighted by Crippen LogP contribution is -2.39. The van der Waals surface area contributed by atoms with Crippen LogP contribution < -0.4 is 20.3 Å². The smallest absolute Gasteiger partial charge is 0.276 e. The van der Waals surface area contributed by atoms with Gasteiger partial charge in [-0.3, -0.25) is 15.6 Å². The molecule has 0 aliphatic heterocycles. The molecule has 0 aliphatic rings. The monoisotopic (exact) mass is 376 g/mol. The molecule has 120 valence electrons. The molecule has 0 spiro atoms. The van der Waals surface area contributed by atoms with E-state index in [1.807, 2.05) is 36.4 Å². The number of halogens is 1. The number of nitrogens with one attached hydrogen (secondary N) is 2. The Morgan fingerprint density at radius 2 is 1.87 bits per heavy atom. The summed E-state index contributed by atoms with van der Waals surface area (Å²) in [6.07, 6.45) is 0. The lowest BCUT2D eigenvalue weighted by molar-refractivity contribution is -0.123. The number of hydrazine groups is 1. The zero-order valence-electron chi connectivity index (χ0n) is 12.6. The van der Waals surface area contributed by atoms with Crippen LogP contribution >= 0.6 is 15.9 Å². The van der Waals surface area contributed by atoms with E-state index in [0.717, 1.165) is 10.0 Å². The molecule has 2 rings (SSSR count). The molecular weight excluding hydrogens is 360 g/mol. The van der Waals surface area contributed by atoms with Gasteiger partial charge in [-0.15, -0.1) is 0 Å². The molecule has 0 atom stereocenters. The molecule has 1 amide bonds. The summed E-state index contributed by atoms with van der Waals surface area (Å²) in [7, 11) is 1.55. The number of hydrogen-bond acceptors (Lipinski definition) is 4. The topological polar surface area (TPSA) is 59.6 Å². The molecule has 0 saturated carbocycles. The van der Waals surface area contributed by atoms with E-state index in [1.54, 1.807) is 19.2 Å². The summed E-state index contributed by atoms with van der Waals surface area (Å²) in [6, 6.07) is 14.7. The van der Waals surface area contributed by atoms with Crippen molar-refractivity contribution in [1.82, 2.24) is 10.9 Å². The Labute approximate surface area is 143 Å². The van der Waals surface area contributed by atoms with Crippen LogP contribution in [0.2, 0.25) is 0 Å². The summed E-state index contributed by atoms with van der Waals surface area (Å²) in [5.41, 5.74) is 6.75. The normalized spacial score (nSPS) is 9.83. The van der Waals surface area contributed by atoms with Gasteiger partial charge in [0.25, 0.3) is 5.91 Å². The summed E-state index contributed by atoms with van der Waals surface area (Å²) in [4.78, 5) is 11.8. The number of hydrogen-bond donors (Lipinski definition) is 2. The van der Waals surface area contributed by atoms with Crippen molar-refractivity contribution in [3.63, 3.8) is 0 Å². The van der Waals surface area contributed by atoms with Crippen LogP contribution in [0.3, 0.4) is 0 Å². The molecule has 0 radical (unpaired) electrons. The maximum atomic E-state index is 11.8. The average Bonchev–Trinajstić information content (AvgIpc) is 2.58. The molecule has 0 heterocycles. The maximum Gasteiger partial charge on any atom is 0.276 e. The Bertz CT molecular complexity index is 704. The number of methoxy groups -OCH3 is 1. The van der Waals surface area contributed by atoms with Crippen molar-refractivity contribution in [3.8, 4) is 11.5 Å². The molecule has 0 saturated heterocycles. The van der Waals surface area contributed by atoms with E-state index in [1.165, 1.54) is 0 Å². The van der Waals surface area contributed by atoms with Gasteiger partial charge in [-0.1, -0.05) is 46.8 Å². The van der Waals surface area contributed by atoms with E-state index < -0.39 is 0 Å². The lowest BCUT2D eigenvalue weighted by Gasteiger charge is -2.13. The van der Waals surface area contributed by atoms with Crippen LogP contribution in [-0.2, 0) is 4.79 Å². The van der Waals surface area contributed by atoms with Crippen LogP contribution in [0.4, 0.5) is 0 Å². The van der Waals surface area contributed by atoms with Crippen LogP contribution in [0.1, 0.15) is 5.56 Å². The summed E-state index contributed by atoms with van der Waals surface area (Å²) in [6.45, 7) is 3.74. The van der Waals surface area contributed by atoms with E-state index >= 15 is 0 Å². The highest BCUT2D eigenvalue weighted by molar-refractivity contribution is 9.10. The number of para-hydroxylation sites is 2. The molecule has 0 aliphatic carbocycles. The molecular formula is C17H17BrN2O3. The van der Waals surface area contributed by atoms with Gasteiger partial charge >= 0.3 is 0 Å². The van der Waals surface area contributed by atoms with Crippen LogP contribution in [-0.4, -0.2) is 19.6 Å². The summed E-state index contributed by atoms with van der Waals surface area (Å²) in [5.74, 6) is 0.759. The molecule has 2 aromatic carbocycles. The molecule has 0 bridgehead atoms. The van der Waals surface area contributed by atoms with E-state index in [0.29, 0.717) is 17.2 Å². The summed E-state index contributed by atoms with van der Waals surface area (Å²) in [5, 5.41) is 0. The number of rotatable bonds is 7. The second-order valence-corrected chi connectivity index (χ2v) is 5.52.